The fourth-order valence-corrected chi connectivity index (χ4v) is 6.30. The first-order chi connectivity index (χ1) is 12.1. The Morgan fingerprint density at radius 1 is 1.31 bits per heavy atom. The first-order valence-corrected chi connectivity index (χ1v) is 9.77. The lowest BCUT2D eigenvalue weighted by molar-refractivity contribution is -0.312. The maximum atomic E-state index is 11.7. The van der Waals surface area contributed by atoms with Crippen LogP contribution in [0.1, 0.15) is 59.3 Å². The highest BCUT2D eigenvalue weighted by molar-refractivity contribution is 5.37. The molecule has 5 heteroatoms. The van der Waals surface area contributed by atoms with Crippen molar-refractivity contribution in [3.8, 4) is 0 Å². The number of hydrogen-bond donors (Lipinski definition) is 2. The standard InChI is InChI=1S/C21H32O5/c1-13-6-7-15-8-9-19-17(24-5)25-20(23,12-14(2)11-16(22)10-13)21(19,26-19)18(15,3)4/h11,15-17,22-23H,1,6-10,12H2,2-5H3/b14-11+/t15-,16+,17+,19-,20-,21-/m0/s1. The van der Waals surface area contributed by atoms with Crippen LogP contribution in [0.3, 0.4) is 0 Å². The normalized spacial score (nSPS) is 52.3. The molecule has 2 aliphatic heterocycles. The van der Waals surface area contributed by atoms with Crippen LogP contribution < -0.4 is 0 Å². The molecular formula is C21H32O5. The van der Waals surface area contributed by atoms with Crippen molar-refractivity contribution in [2.24, 2.45) is 11.3 Å². The molecule has 0 amide bonds. The maximum Gasteiger partial charge on any atom is 0.205 e. The van der Waals surface area contributed by atoms with Gasteiger partial charge in [0.2, 0.25) is 5.79 Å². The van der Waals surface area contributed by atoms with Crippen LogP contribution in [0.4, 0.5) is 0 Å². The van der Waals surface area contributed by atoms with Crippen LogP contribution >= 0.6 is 0 Å². The summed E-state index contributed by atoms with van der Waals surface area (Å²) in [7, 11) is 1.61. The smallest absolute Gasteiger partial charge is 0.205 e. The third kappa shape index (κ3) is 2.15. The van der Waals surface area contributed by atoms with E-state index in [0.29, 0.717) is 18.8 Å². The van der Waals surface area contributed by atoms with Crippen LogP contribution in [-0.4, -0.2) is 46.7 Å². The number of fused-ring (bicyclic) bond motifs is 1. The zero-order chi connectivity index (χ0) is 19.0. The van der Waals surface area contributed by atoms with E-state index < -0.39 is 29.4 Å². The molecule has 2 saturated heterocycles. The summed E-state index contributed by atoms with van der Waals surface area (Å²) in [5, 5.41) is 22.0. The number of methoxy groups -OCH3 is 1. The van der Waals surface area contributed by atoms with Gasteiger partial charge in [0.25, 0.3) is 0 Å². The zero-order valence-electron chi connectivity index (χ0n) is 16.4. The van der Waals surface area contributed by atoms with E-state index in [1.54, 1.807) is 7.11 Å². The Morgan fingerprint density at radius 3 is 2.73 bits per heavy atom. The van der Waals surface area contributed by atoms with E-state index >= 15 is 0 Å². The van der Waals surface area contributed by atoms with Crippen molar-refractivity contribution in [1.82, 2.24) is 0 Å². The average Bonchev–Trinajstić information content (AvgIpc) is 3.19. The van der Waals surface area contributed by atoms with Gasteiger partial charge in [-0.1, -0.05) is 37.6 Å². The second kappa shape index (κ2) is 5.65. The second-order valence-electron chi connectivity index (χ2n) is 9.35. The summed E-state index contributed by atoms with van der Waals surface area (Å²) in [5.74, 6) is -1.06. The number of hydrogen-bond acceptors (Lipinski definition) is 5. The molecule has 5 nitrogen and oxygen atoms in total. The Hall–Kier alpha value is -0.720. The van der Waals surface area contributed by atoms with Crippen LogP contribution in [0.5, 0.6) is 0 Å². The van der Waals surface area contributed by atoms with E-state index in [1.807, 2.05) is 13.0 Å². The maximum absolute atomic E-state index is 11.7. The van der Waals surface area contributed by atoms with Gasteiger partial charge in [-0.3, -0.25) is 0 Å². The molecule has 26 heavy (non-hydrogen) atoms. The van der Waals surface area contributed by atoms with Gasteiger partial charge in [0.05, 0.1) is 6.10 Å². The Balaban J connectivity index is 1.81. The Morgan fingerprint density at radius 2 is 2.04 bits per heavy atom. The number of aliphatic hydroxyl groups is 2. The predicted octanol–water partition coefficient (Wildman–Crippen LogP) is 3.06. The highest BCUT2D eigenvalue weighted by Crippen LogP contribution is 2.77. The lowest BCUT2D eigenvalue weighted by atomic mass is 9.54. The molecule has 2 N–H and O–H groups in total. The molecule has 3 fully saturated rings. The molecule has 1 spiro atoms. The van der Waals surface area contributed by atoms with Gasteiger partial charge >= 0.3 is 0 Å². The van der Waals surface area contributed by atoms with Gasteiger partial charge < -0.3 is 24.4 Å². The summed E-state index contributed by atoms with van der Waals surface area (Å²) < 4.78 is 18.2. The van der Waals surface area contributed by atoms with Gasteiger partial charge in [-0.25, -0.2) is 0 Å². The Labute approximate surface area is 156 Å². The van der Waals surface area contributed by atoms with E-state index in [2.05, 4.69) is 20.4 Å². The SMILES string of the molecule is C=C1CC[C@H]2CC[C@@]34O[C@]3(C2(C)C)[C@](O)(C/C(C)=C/[C@H](O)C1)O[C@H]4OC. The van der Waals surface area contributed by atoms with Crippen molar-refractivity contribution in [2.45, 2.75) is 88.7 Å². The molecule has 0 aromatic heterocycles. The molecule has 0 radical (unpaired) electrons. The van der Waals surface area contributed by atoms with Crippen molar-refractivity contribution >= 4 is 0 Å². The largest absolute Gasteiger partial charge is 0.389 e. The summed E-state index contributed by atoms with van der Waals surface area (Å²) in [6.07, 6.45) is 5.24. The summed E-state index contributed by atoms with van der Waals surface area (Å²) in [5.41, 5.74) is 0.359. The lowest BCUT2D eigenvalue weighted by Gasteiger charge is -2.47. The molecule has 4 aliphatic rings. The van der Waals surface area contributed by atoms with E-state index in [4.69, 9.17) is 14.2 Å². The van der Waals surface area contributed by atoms with E-state index in [-0.39, 0.29) is 5.41 Å². The van der Waals surface area contributed by atoms with Gasteiger partial charge in [-0.05, 0) is 44.9 Å². The van der Waals surface area contributed by atoms with Crippen molar-refractivity contribution in [2.75, 3.05) is 7.11 Å². The Bertz CT molecular complexity index is 655. The molecule has 2 aliphatic carbocycles. The summed E-state index contributed by atoms with van der Waals surface area (Å²) >= 11 is 0. The number of ether oxygens (including phenoxy) is 3. The Kier molecular flexibility index (Phi) is 4.05. The first kappa shape index (κ1) is 18.6. The van der Waals surface area contributed by atoms with Crippen LogP contribution in [-0.2, 0) is 14.2 Å². The quantitative estimate of drug-likeness (QED) is 0.553. The van der Waals surface area contributed by atoms with E-state index in [9.17, 15) is 10.2 Å². The first-order valence-electron chi connectivity index (χ1n) is 9.77. The van der Waals surface area contributed by atoms with Crippen molar-refractivity contribution < 1.29 is 24.4 Å². The summed E-state index contributed by atoms with van der Waals surface area (Å²) in [6.45, 7) is 10.5. The van der Waals surface area contributed by atoms with Crippen molar-refractivity contribution in [3.05, 3.63) is 23.8 Å². The summed E-state index contributed by atoms with van der Waals surface area (Å²) in [4.78, 5) is 0. The minimum Gasteiger partial charge on any atom is -0.389 e. The third-order valence-corrected chi connectivity index (χ3v) is 7.47. The van der Waals surface area contributed by atoms with Gasteiger partial charge in [0, 0.05) is 18.9 Å². The minimum atomic E-state index is -1.45. The fourth-order valence-electron chi connectivity index (χ4n) is 6.30. The van der Waals surface area contributed by atoms with Gasteiger partial charge in [0.1, 0.15) is 0 Å². The molecular weight excluding hydrogens is 332 g/mol. The van der Waals surface area contributed by atoms with Gasteiger partial charge in [0.15, 0.2) is 17.5 Å². The third-order valence-electron chi connectivity index (χ3n) is 7.47. The van der Waals surface area contributed by atoms with Crippen molar-refractivity contribution in [1.29, 1.82) is 0 Å². The highest BCUT2D eigenvalue weighted by Gasteiger charge is 2.93. The minimum absolute atomic E-state index is 0.258. The lowest BCUT2D eigenvalue weighted by Crippen LogP contribution is -2.59. The van der Waals surface area contributed by atoms with Crippen LogP contribution in [0.25, 0.3) is 0 Å². The van der Waals surface area contributed by atoms with Crippen LogP contribution in [0, 0.1) is 11.3 Å². The molecule has 1 saturated carbocycles. The molecule has 146 valence electrons. The zero-order valence-corrected chi connectivity index (χ0v) is 16.4. The highest BCUT2D eigenvalue weighted by atomic mass is 16.8. The molecule has 6 atom stereocenters. The molecule has 2 heterocycles. The number of rotatable bonds is 1. The molecule has 0 aromatic rings. The molecule has 0 aromatic carbocycles. The predicted molar refractivity (Wildman–Crippen MR) is 97.3 cm³/mol. The van der Waals surface area contributed by atoms with Gasteiger partial charge in [-0.15, -0.1) is 0 Å². The van der Waals surface area contributed by atoms with E-state index in [0.717, 1.165) is 36.8 Å². The second-order valence-corrected chi connectivity index (χ2v) is 9.35. The number of epoxide rings is 1. The number of aliphatic hydroxyl groups excluding tert-OH is 1. The molecule has 0 unspecified atom stereocenters. The monoisotopic (exact) mass is 364 g/mol. The van der Waals surface area contributed by atoms with Gasteiger partial charge in [-0.2, -0.15) is 0 Å². The van der Waals surface area contributed by atoms with Crippen LogP contribution in [0.2, 0.25) is 0 Å². The summed E-state index contributed by atoms with van der Waals surface area (Å²) in [6, 6.07) is 0. The average molecular weight is 364 g/mol. The van der Waals surface area contributed by atoms with Crippen LogP contribution in [0.15, 0.2) is 23.8 Å². The van der Waals surface area contributed by atoms with E-state index in [1.165, 1.54) is 0 Å². The topological polar surface area (TPSA) is 71.5 Å². The molecule has 2 bridgehead atoms. The van der Waals surface area contributed by atoms with Crippen molar-refractivity contribution in [3.63, 3.8) is 0 Å². The fraction of sp³-hybridized carbons (Fsp3) is 0.810. The molecule has 4 rings (SSSR count).